The predicted octanol–water partition coefficient (Wildman–Crippen LogP) is 6.44. The molecule has 0 bridgehead atoms. The lowest BCUT2D eigenvalue weighted by Crippen LogP contribution is -2.47. The van der Waals surface area contributed by atoms with Crippen LogP contribution in [0.15, 0.2) is 69.2 Å². The third-order valence-corrected chi connectivity index (χ3v) is 8.18. The Morgan fingerprint density at radius 1 is 0.842 bits per heavy atom. The maximum absolute atomic E-state index is 14.1. The van der Waals surface area contributed by atoms with Gasteiger partial charge in [-0.3, -0.25) is 18.9 Å². The lowest BCUT2D eigenvalue weighted by atomic mass is 9.94. The van der Waals surface area contributed by atoms with Gasteiger partial charge in [0.25, 0.3) is 5.56 Å². The smallest absolute Gasteiger partial charge is 0.334 e. The highest BCUT2D eigenvalue weighted by atomic mass is 35.5. The van der Waals surface area contributed by atoms with E-state index in [0.29, 0.717) is 5.02 Å². The van der Waals surface area contributed by atoms with Crippen LogP contribution in [0.1, 0.15) is 87.4 Å². The highest BCUT2D eigenvalue weighted by Crippen LogP contribution is 2.32. The highest BCUT2D eigenvalue weighted by molar-refractivity contribution is 6.31. The molecule has 3 aromatic rings. The van der Waals surface area contributed by atoms with Gasteiger partial charge in [0.2, 0.25) is 5.88 Å². The summed E-state index contributed by atoms with van der Waals surface area (Å²) in [6.07, 6.45) is 9.31. The Morgan fingerprint density at radius 3 is 2.05 bits per heavy atom. The average molecular weight is 535 g/mol. The first-order valence-electron chi connectivity index (χ1n) is 13.7. The molecule has 0 saturated heterocycles. The Bertz CT molecular complexity index is 1400. The van der Waals surface area contributed by atoms with Crippen LogP contribution in [-0.4, -0.2) is 20.1 Å². The molecule has 2 aliphatic rings. The number of halogens is 1. The van der Waals surface area contributed by atoms with Crippen molar-refractivity contribution in [3.05, 3.63) is 91.6 Å². The van der Waals surface area contributed by atoms with Crippen molar-refractivity contribution < 1.29 is 5.11 Å². The van der Waals surface area contributed by atoms with E-state index in [-0.39, 0.29) is 35.9 Å². The molecule has 0 unspecified atom stereocenters. The number of amidine groups is 1. The molecule has 0 atom stereocenters. The Hall–Kier alpha value is -3.32. The number of aliphatic imine (C=N–C) groups is 1. The van der Waals surface area contributed by atoms with E-state index in [2.05, 4.69) is 5.32 Å². The van der Waals surface area contributed by atoms with E-state index in [4.69, 9.17) is 16.6 Å². The van der Waals surface area contributed by atoms with Crippen molar-refractivity contribution in [2.24, 2.45) is 4.99 Å². The number of rotatable bonds is 6. The normalized spacial score (nSPS) is 17.4. The van der Waals surface area contributed by atoms with Crippen LogP contribution in [0.3, 0.4) is 0 Å². The SMILES string of the molecule is O=c1c(C(=NCc2ccccc2Cl)Nc2ccccc2)c(O)n(C2CCCCC2)c(=O)n1C1CCCCC1. The first kappa shape index (κ1) is 26.3. The second-order valence-electron chi connectivity index (χ2n) is 10.4. The number of nitrogens with one attached hydrogen (secondary N) is 1. The summed E-state index contributed by atoms with van der Waals surface area (Å²) in [5, 5.41) is 15.5. The largest absolute Gasteiger partial charge is 0.494 e. The standard InChI is InChI=1S/C30H35ClN4O3/c31-25-19-11-10-12-21(25)20-32-27(33-22-13-4-1-5-14-22)26-28(36)34(23-15-6-2-7-16-23)30(38)35(29(26)37)24-17-8-3-9-18-24/h1,4-5,10-14,19,23-24,36H,2-3,6-9,15-18,20H2,(H,32,33). The Morgan fingerprint density at radius 2 is 1.42 bits per heavy atom. The summed E-state index contributed by atoms with van der Waals surface area (Å²) >= 11 is 6.40. The second-order valence-corrected chi connectivity index (χ2v) is 10.8. The van der Waals surface area contributed by atoms with Gasteiger partial charge in [-0.1, -0.05) is 86.5 Å². The van der Waals surface area contributed by atoms with Gasteiger partial charge in [0.15, 0.2) is 0 Å². The molecule has 0 spiro atoms. The monoisotopic (exact) mass is 534 g/mol. The second kappa shape index (κ2) is 12.0. The zero-order chi connectivity index (χ0) is 26.5. The molecule has 0 radical (unpaired) electrons. The average Bonchev–Trinajstić information content (AvgIpc) is 2.94. The maximum atomic E-state index is 14.1. The quantitative estimate of drug-likeness (QED) is 0.281. The predicted molar refractivity (Wildman–Crippen MR) is 153 cm³/mol. The fourth-order valence-corrected chi connectivity index (χ4v) is 5.99. The molecule has 1 heterocycles. The number of benzene rings is 2. The van der Waals surface area contributed by atoms with Gasteiger partial charge in [0.1, 0.15) is 11.4 Å². The van der Waals surface area contributed by atoms with E-state index in [1.165, 1.54) is 9.13 Å². The minimum absolute atomic E-state index is 0.0386. The zero-order valence-corrected chi connectivity index (χ0v) is 22.4. The Labute approximate surface area is 227 Å². The fourth-order valence-electron chi connectivity index (χ4n) is 5.80. The first-order chi connectivity index (χ1) is 18.5. The van der Waals surface area contributed by atoms with E-state index in [1.54, 1.807) is 6.07 Å². The molecule has 2 N–H and O–H groups in total. The molecular weight excluding hydrogens is 500 g/mol. The van der Waals surface area contributed by atoms with Gasteiger partial charge in [-0.25, -0.2) is 4.79 Å². The van der Waals surface area contributed by atoms with E-state index in [0.717, 1.165) is 75.5 Å². The number of anilines is 1. The van der Waals surface area contributed by atoms with Crippen molar-refractivity contribution in [1.82, 2.24) is 9.13 Å². The van der Waals surface area contributed by atoms with Crippen LogP contribution in [0.2, 0.25) is 5.02 Å². The number of nitrogens with zero attached hydrogens (tertiary/aromatic N) is 3. The summed E-state index contributed by atoms with van der Waals surface area (Å²) in [4.78, 5) is 32.7. The molecule has 2 aliphatic carbocycles. The van der Waals surface area contributed by atoms with Gasteiger partial charge in [0, 0.05) is 22.8 Å². The first-order valence-corrected chi connectivity index (χ1v) is 14.1. The molecular formula is C30H35ClN4O3. The number of para-hydroxylation sites is 1. The lowest BCUT2D eigenvalue weighted by Gasteiger charge is -2.29. The summed E-state index contributed by atoms with van der Waals surface area (Å²) in [6.45, 7) is 0.208. The summed E-state index contributed by atoms with van der Waals surface area (Å²) < 4.78 is 2.88. The number of hydrogen-bond acceptors (Lipinski definition) is 4. The molecule has 2 saturated carbocycles. The third-order valence-electron chi connectivity index (χ3n) is 7.81. The number of hydrogen-bond donors (Lipinski definition) is 2. The van der Waals surface area contributed by atoms with Crippen molar-refractivity contribution in [2.45, 2.75) is 82.8 Å². The molecule has 5 rings (SSSR count). The summed E-state index contributed by atoms with van der Waals surface area (Å²) in [7, 11) is 0. The molecule has 0 aliphatic heterocycles. The van der Waals surface area contributed by atoms with Crippen molar-refractivity contribution in [1.29, 1.82) is 0 Å². The van der Waals surface area contributed by atoms with Gasteiger partial charge in [-0.2, -0.15) is 0 Å². The molecule has 0 amide bonds. The van der Waals surface area contributed by atoms with Crippen LogP contribution < -0.4 is 16.6 Å². The molecule has 38 heavy (non-hydrogen) atoms. The van der Waals surface area contributed by atoms with Gasteiger partial charge in [-0.05, 0) is 49.4 Å². The molecule has 1 aromatic heterocycles. The highest BCUT2D eigenvalue weighted by Gasteiger charge is 2.31. The molecule has 2 aromatic carbocycles. The zero-order valence-electron chi connectivity index (χ0n) is 21.6. The minimum atomic E-state index is -0.493. The van der Waals surface area contributed by atoms with Crippen LogP contribution >= 0.6 is 11.6 Å². The van der Waals surface area contributed by atoms with Crippen LogP contribution in [-0.2, 0) is 6.54 Å². The fraction of sp³-hybridized carbons (Fsp3) is 0.433. The molecule has 7 nitrogen and oxygen atoms in total. The Kier molecular flexibility index (Phi) is 8.32. The van der Waals surface area contributed by atoms with E-state index in [9.17, 15) is 14.7 Å². The topological polar surface area (TPSA) is 88.6 Å². The van der Waals surface area contributed by atoms with E-state index >= 15 is 0 Å². The number of aromatic nitrogens is 2. The third kappa shape index (κ3) is 5.58. The van der Waals surface area contributed by atoms with Gasteiger partial charge >= 0.3 is 5.69 Å². The summed E-state index contributed by atoms with van der Waals surface area (Å²) in [5.41, 5.74) is 0.669. The Balaban J connectivity index is 1.70. The van der Waals surface area contributed by atoms with E-state index < -0.39 is 11.2 Å². The lowest BCUT2D eigenvalue weighted by molar-refractivity contribution is 0.271. The van der Waals surface area contributed by atoms with Crippen molar-refractivity contribution >= 4 is 23.1 Å². The van der Waals surface area contributed by atoms with Gasteiger partial charge in [0.05, 0.1) is 6.54 Å². The van der Waals surface area contributed by atoms with Crippen LogP contribution in [0.25, 0.3) is 0 Å². The summed E-state index contributed by atoms with van der Waals surface area (Å²) in [5.74, 6) is -0.0759. The maximum Gasteiger partial charge on any atom is 0.334 e. The van der Waals surface area contributed by atoms with Crippen LogP contribution in [0, 0.1) is 0 Å². The molecule has 8 heteroatoms. The molecule has 2 fully saturated rings. The summed E-state index contributed by atoms with van der Waals surface area (Å²) in [6, 6.07) is 16.5. The minimum Gasteiger partial charge on any atom is -0.494 e. The van der Waals surface area contributed by atoms with Crippen molar-refractivity contribution in [2.75, 3.05) is 5.32 Å². The van der Waals surface area contributed by atoms with Crippen molar-refractivity contribution in [3.8, 4) is 5.88 Å². The van der Waals surface area contributed by atoms with Gasteiger partial charge in [-0.15, -0.1) is 0 Å². The molecule has 200 valence electrons. The number of aromatic hydroxyl groups is 1. The van der Waals surface area contributed by atoms with E-state index in [1.807, 2.05) is 48.5 Å². The van der Waals surface area contributed by atoms with Gasteiger partial charge < -0.3 is 10.4 Å². The van der Waals surface area contributed by atoms with Crippen LogP contribution in [0.4, 0.5) is 5.69 Å². The van der Waals surface area contributed by atoms with Crippen LogP contribution in [0.5, 0.6) is 5.88 Å². The van der Waals surface area contributed by atoms with Crippen molar-refractivity contribution in [3.63, 3.8) is 0 Å².